The summed E-state index contributed by atoms with van der Waals surface area (Å²) in [5, 5.41) is 0. The highest BCUT2D eigenvalue weighted by molar-refractivity contribution is 5.99. The molecule has 3 nitrogen and oxygen atoms in total. The second-order valence-corrected chi connectivity index (χ2v) is 4.41. The van der Waals surface area contributed by atoms with Crippen molar-refractivity contribution < 1.29 is 4.79 Å². The maximum Gasteiger partial charge on any atom is 0.255 e. The van der Waals surface area contributed by atoms with Gasteiger partial charge >= 0.3 is 0 Å². The molecule has 1 aromatic carbocycles. The predicted octanol–water partition coefficient (Wildman–Crippen LogP) is 1.99. The van der Waals surface area contributed by atoms with E-state index in [0.29, 0.717) is 0 Å². The Kier molecular flexibility index (Phi) is 3.13. The first-order chi connectivity index (χ1) is 7.70. The molecule has 1 heterocycles. The average molecular weight is 218 g/mol. The number of amides is 1. The minimum atomic E-state index is 0.168. The van der Waals surface area contributed by atoms with E-state index in [2.05, 4.69) is 0 Å². The van der Waals surface area contributed by atoms with Crippen LogP contribution in [0.1, 0.15) is 23.2 Å². The highest BCUT2D eigenvalue weighted by Gasteiger charge is 2.21. The molecule has 3 heteroatoms. The van der Waals surface area contributed by atoms with E-state index in [-0.39, 0.29) is 5.91 Å². The summed E-state index contributed by atoms with van der Waals surface area (Å²) in [5.74, 6) is 0.168. The summed E-state index contributed by atoms with van der Waals surface area (Å²) >= 11 is 0. The van der Waals surface area contributed by atoms with E-state index in [1.807, 2.05) is 48.2 Å². The standard InChI is InChI=1S/C13H18N2O/c1-14(2)12-8-4-3-7-11(12)13(16)15-9-5-6-10-15/h3-4,7-8H,5-6,9-10H2,1-2H3. The number of nitrogens with zero attached hydrogens (tertiary/aromatic N) is 2. The van der Waals surface area contributed by atoms with Crippen molar-refractivity contribution in [3.05, 3.63) is 29.8 Å². The maximum absolute atomic E-state index is 12.3. The van der Waals surface area contributed by atoms with Crippen molar-refractivity contribution in [2.45, 2.75) is 12.8 Å². The van der Waals surface area contributed by atoms with Crippen LogP contribution >= 0.6 is 0 Å². The van der Waals surface area contributed by atoms with E-state index in [4.69, 9.17) is 0 Å². The molecule has 16 heavy (non-hydrogen) atoms. The highest BCUT2D eigenvalue weighted by atomic mass is 16.2. The number of benzene rings is 1. The Bertz CT molecular complexity index is 381. The highest BCUT2D eigenvalue weighted by Crippen LogP contribution is 2.21. The van der Waals surface area contributed by atoms with Crippen molar-refractivity contribution in [1.82, 2.24) is 4.90 Å². The van der Waals surface area contributed by atoms with Crippen LogP contribution in [0.2, 0.25) is 0 Å². The molecule has 0 aliphatic carbocycles. The smallest absolute Gasteiger partial charge is 0.255 e. The maximum atomic E-state index is 12.3. The Morgan fingerprint density at radius 3 is 2.44 bits per heavy atom. The number of hydrogen-bond acceptors (Lipinski definition) is 2. The quantitative estimate of drug-likeness (QED) is 0.758. The Balaban J connectivity index is 2.28. The monoisotopic (exact) mass is 218 g/mol. The van der Waals surface area contributed by atoms with Crippen molar-refractivity contribution in [3.8, 4) is 0 Å². The summed E-state index contributed by atoms with van der Waals surface area (Å²) in [6.07, 6.45) is 2.27. The summed E-state index contributed by atoms with van der Waals surface area (Å²) in [4.78, 5) is 16.2. The third-order valence-electron chi connectivity index (χ3n) is 3.01. The van der Waals surface area contributed by atoms with Gasteiger partial charge in [-0.05, 0) is 25.0 Å². The second-order valence-electron chi connectivity index (χ2n) is 4.41. The SMILES string of the molecule is CN(C)c1ccccc1C(=O)N1CCCC1. The van der Waals surface area contributed by atoms with Gasteiger partial charge in [0.25, 0.3) is 5.91 Å². The van der Waals surface area contributed by atoms with Gasteiger partial charge in [0.2, 0.25) is 0 Å². The van der Waals surface area contributed by atoms with Crippen molar-refractivity contribution in [3.63, 3.8) is 0 Å². The molecule has 1 aromatic rings. The van der Waals surface area contributed by atoms with Crippen molar-refractivity contribution in [2.75, 3.05) is 32.1 Å². The van der Waals surface area contributed by atoms with Crippen LogP contribution in [0.4, 0.5) is 5.69 Å². The van der Waals surface area contributed by atoms with Crippen LogP contribution in [-0.2, 0) is 0 Å². The van der Waals surface area contributed by atoms with Gasteiger partial charge in [0.05, 0.1) is 5.56 Å². The van der Waals surface area contributed by atoms with E-state index < -0.39 is 0 Å². The lowest BCUT2D eigenvalue weighted by molar-refractivity contribution is 0.0793. The molecule has 86 valence electrons. The van der Waals surface area contributed by atoms with Gasteiger partial charge in [-0.15, -0.1) is 0 Å². The van der Waals surface area contributed by atoms with Crippen LogP contribution in [0.3, 0.4) is 0 Å². The predicted molar refractivity (Wildman–Crippen MR) is 65.9 cm³/mol. The topological polar surface area (TPSA) is 23.6 Å². The lowest BCUT2D eigenvalue weighted by Crippen LogP contribution is -2.29. The van der Waals surface area contributed by atoms with Crippen LogP contribution in [-0.4, -0.2) is 38.0 Å². The van der Waals surface area contributed by atoms with Gasteiger partial charge in [0.15, 0.2) is 0 Å². The molecule has 1 aliphatic rings. The normalized spacial score (nSPS) is 15.2. The number of carbonyl (C=O) groups is 1. The zero-order valence-electron chi connectivity index (χ0n) is 9.94. The molecular formula is C13H18N2O. The molecule has 0 bridgehead atoms. The Labute approximate surface area is 96.7 Å². The largest absolute Gasteiger partial charge is 0.377 e. The van der Waals surface area contributed by atoms with Crippen molar-refractivity contribution in [1.29, 1.82) is 0 Å². The molecule has 1 aliphatic heterocycles. The summed E-state index contributed by atoms with van der Waals surface area (Å²) < 4.78 is 0. The first kappa shape index (κ1) is 11.0. The number of likely N-dealkylation sites (tertiary alicyclic amines) is 1. The van der Waals surface area contributed by atoms with E-state index in [0.717, 1.165) is 37.2 Å². The summed E-state index contributed by atoms with van der Waals surface area (Å²) in [6, 6.07) is 7.80. The third-order valence-corrected chi connectivity index (χ3v) is 3.01. The lowest BCUT2D eigenvalue weighted by atomic mass is 10.1. The number of anilines is 1. The first-order valence-corrected chi connectivity index (χ1v) is 5.76. The zero-order valence-corrected chi connectivity index (χ0v) is 9.94. The number of carbonyl (C=O) groups excluding carboxylic acids is 1. The molecule has 0 N–H and O–H groups in total. The molecule has 1 saturated heterocycles. The summed E-state index contributed by atoms with van der Waals surface area (Å²) in [7, 11) is 3.94. The minimum Gasteiger partial charge on any atom is -0.377 e. The van der Waals surface area contributed by atoms with Crippen LogP contribution in [0, 0.1) is 0 Å². The lowest BCUT2D eigenvalue weighted by Gasteiger charge is -2.21. The Hall–Kier alpha value is -1.51. The Morgan fingerprint density at radius 1 is 1.19 bits per heavy atom. The molecule has 0 unspecified atom stereocenters. The molecule has 0 atom stereocenters. The molecule has 2 rings (SSSR count). The van der Waals surface area contributed by atoms with Crippen LogP contribution < -0.4 is 4.90 Å². The molecule has 0 saturated carbocycles. The van der Waals surface area contributed by atoms with E-state index >= 15 is 0 Å². The number of para-hydroxylation sites is 1. The molecule has 0 radical (unpaired) electrons. The van der Waals surface area contributed by atoms with Gasteiger partial charge in [-0.25, -0.2) is 0 Å². The summed E-state index contributed by atoms with van der Waals surface area (Å²) in [5.41, 5.74) is 1.81. The number of rotatable bonds is 2. The fraction of sp³-hybridized carbons (Fsp3) is 0.462. The van der Waals surface area contributed by atoms with E-state index in [9.17, 15) is 4.79 Å². The average Bonchev–Trinajstić information content (AvgIpc) is 2.81. The van der Waals surface area contributed by atoms with Gasteiger partial charge in [-0.1, -0.05) is 12.1 Å². The van der Waals surface area contributed by atoms with Gasteiger partial charge in [-0.2, -0.15) is 0 Å². The van der Waals surface area contributed by atoms with E-state index in [1.165, 1.54) is 0 Å². The summed E-state index contributed by atoms with van der Waals surface area (Å²) in [6.45, 7) is 1.81. The van der Waals surface area contributed by atoms with Crippen molar-refractivity contribution >= 4 is 11.6 Å². The molecule has 1 amide bonds. The van der Waals surface area contributed by atoms with Gasteiger partial charge in [-0.3, -0.25) is 4.79 Å². The molecular weight excluding hydrogens is 200 g/mol. The fourth-order valence-corrected chi connectivity index (χ4v) is 2.14. The van der Waals surface area contributed by atoms with Crippen LogP contribution in [0.15, 0.2) is 24.3 Å². The van der Waals surface area contributed by atoms with E-state index in [1.54, 1.807) is 0 Å². The van der Waals surface area contributed by atoms with Crippen LogP contribution in [0.5, 0.6) is 0 Å². The number of hydrogen-bond donors (Lipinski definition) is 0. The molecule has 1 fully saturated rings. The fourth-order valence-electron chi connectivity index (χ4n) is 2.14. The van der Waals surface area contributed by atoms with Gasteiger partial charge in [0.1, 0.15) is 0 Å². The Morgan fingerprint density at radius 2 is 1.81 bits per heavy atom. The molecule has 0 aromatic heterocycles. The first-order valence-electron chi connectivity index (χ1n) is 5.76. The van der Waals surface area contributed by atoms with Gasteiger partial charge in [0, 0.05) is 32.9 Å². The van der Waals surface area contributed by atoms with Crippen molar-refractivity contribution in [2.24, 2.45) is 0 Å². The van der Waals surface area contributed by atoms with Crippen LogP contribution in [0.25, 0.3) is 0 Å². The third kappa shape index (κ3) is 2.03. The second kappa shape index (κ2) is 4.56. The van der Waals surface area contributed by atoms with Gasteiger partial charge < -0.3 is 9.80 Å². The molecule has 0 spiro atoms. The zero-order chi connectivity index (χ0) is 11.5. The minimum absolute atomic E-state index is 0.168.